The molecule has 0 atom stereocenters. The predicted molar refractivity (Wildman–Crippen MR) is 123 cm³/mol. The Morgan fingerprint density at radius 2 is 1.68 bits per heavy atom. The number of furan rings is 1. The molecule has 10 heteroatoms. The van der Waals surface area contributed by atoms with Gasteiger partial charge in [-0.25, -0.2) is 0 Å². The molecule has 3 amide bonds. The third-order valence-electron chi connectivity index (χ3n) is 5.63. The monoisotopic (exact) mass is 466 g/mol. The van der Waals surface area contributed by atoms with Crippen LogP contribution in [0.3, 0.4) is 0 Å². The van der Waals surface area contributed by atoms with Crippen LogP contribution in [0.15, 0.2) is 59.3 Å². The molecule has 1 fully saturated rings. The Kier molecular flexibility index (Phi) is 6.86. The van der Waals surface area contributed by atoms with Gasteiger partial charge in [0.15, 0.2) is 5.76 Å². The minimum absolute atomic E-state index is 0.0415. The Labute approximate surface area is 196 Å². The van der Waals surface area contributed by atoms with Crippen molar-refractivity contribution >= 4 is 23.4 Å². The van der Waals surface area contributed by atoms with E-state index in [1.165, 1.54) is 13.4 Å². The van der Waals surface area contributed by atoms with E-state index < -0.39 is 0 Å². The highest BCUT2D eigenvalue weighted by Crippen LogP contribution is 2.29. The summed E-state index contributed by atoms with van der Waals surface area (Å²) in [4.78, 5) is 41.6. The van der Waals surface area contributed by atoms with Crippen molar-refractivity contribution in [3.63, 3.8) is 0 Å². The average molecular weight is 466 g/mol. The molecule has 0 aliphatic carbocycles. The zero-order valence-corrected chi connectivity index (χ0v) is 19.0. The number of anilines is 1. The Balaban J connectivity index is 1.37. The van der Waals surface area contributed by atoms with E-state index in [4.69, 9.17) is 13.9 Å². The third-order valence-corrected chi connectivity index (χ3v) is 5.63. The smallest absolute Gasteiger partial charge is 0.289 e. The maximum absolute atomic E-state index is 13.1. The van der Waals surface area contributed by atoms with Gasteiger partial charge >= 0.3 is 0 Å². The molecule has 34 heavy (non-hydrogen) atoms. The summed E-state index contributed by atoms with van der Waals surface area (Å²) in [7, 11) is 3.06. The van der Waals surface area contributed by atoms with Crippen molar-refractivity contribution in [1.29, 1.82) is 0 Å². The van der Waals surface area contributed by atoms with E-state index in [0.29, 0.717) is 49.1 Å². The van der Waals surface area contributed by atoms with Crippen LogP contribution in [0.4, 0.5) is 5.69 Å². The van der Waals surface area contributed by atoms with Gasteiger partial charge in [0.1, 0.15) is 23.7 Å². The van der Waals surface area contributed by atoms with Gasteiger partial charge in [-0.3, -0.25) is 14.4 Å². The summed E-state index contributed by atoms with van der Waals surface area (Å²) >= 11 is 0. The molecule has 0 unspecified atom stereocenters. The number of benzene rings is 1. The molecule has 4 rings (SSSR count). The van der Waals surface area contributed by atoms with E-state index in [1.54, 1.807) is 70.1 Å². The zero-order chi connectivity index (χ0) is 24.1. The van der Waals surface area contributed by atoms with Crippen molar-refractivity contribution in [3.05, 3.63) is 66.4 Å². The van der Waals surface area contributed by atoms with Gasteiger partial charge in [-0.1, -0.05) is 0 Å². The SMILES string of the molecule is COc1ccc(NC(=O)Cn2cccc2C(=O)N2CCN(C(=O)c3ccco3)CC2)c(OC)c1. The van der Waals surface area contributed by atoms with Crippen LogP contribution in [0.2, 0.25) is 0 Å². The van der Waals surface area contributed by atoms with Crippen molar-refractivity contribution in [2.75, 3.05) is 45.7 Å². The lowest BCUT2D eigenvalue weighted by Crippen LogP contribution is -2.50. The first-order chi connectivity index (χ1) is 16.5. The van der Waals surface area contributed by atoms with Gasteiger partial charge in [0, 0.05) is 38.4 Å². The normalized spacial score (nSPS) is 13.5. The maximum atomic E-state index is 13.1. The lowest BCUT2D eigenvalue weighted by Gasteiger charge is -2.34. The molecule has 2 aromatic heterocycles. The number of amides is 3. The summed E-state index contributed by atoms with van der Waals surface area (Å²) in [6, 6.07) is 11.8. The Hall–Kier alpha value is -4.21. The van der Waals surface area contributed by atoms with Crippen molar-refractivity contribution in [2.24, 2.45) is 0 Å². The first kappa shape index (κ1) is 23.0. The number of hydrogen-bond acceptors (Lipinski definition) is 6. The van der Waals surface area contributed by atoms with Crippen molar-refractivity contribution in [2.45, 2.75) is 6.54 Å². The fraction of sp³-hybridized carbons (Fsp3) is 0.292. The molecular formula is C24H26N4O6. The molecule has 0 bridgehead atoms. The number of ether oxygens (including phenoxy) is 2. The molecule has 10 nitrogen and oxygen atoms in total. The second-order valence-corrected chi connectivity index (χ2v) is 7.70. The Morgan fingerprint density at radius 1 is 0.941 bits per heavy atom. The van der Waals surface area contributed by atoms with Gasteiger partial charge in [-0.2, -0.15) is 0 Å². The Bertz CT molecular complexity index is 1160. The molecular weight excluding hydrogens is 440 g/mol. The van der Waals surface area contributed by atoms with Crippen LogP contribution in [0.25, 0.3) is 0 Å². The summed E-state index contributed by atoms with van der Waals surface area (Å²) < 4.78 is 17.3. The fourth-order valence-corrected chi connectivity index (χ4v) is 3.82. The molecule has 1 aromatic carbocycles. The molecule has 0 spiro atoms. The van der Waals surface area contributed by atoms with Crippen LogP contribution in [-0.4, -0.2) is 72.5 Å². The number of carbonyl (C=O) groups is 3. The highest BCUT2D eigenvalue weighted by molar-refractivity contribution is 5.96. The number of rotatable bonds is 7. The number of piperazine rings is 1. The zero-order valence-electron chi connectivity index (χ0n) is 19.0. The maximum Gasteiger partial charge on any atom is 0.289 e. The summed E-state index contributed by atoms with van der Waals surface area (Å²) in [5.74, 6) is 0.685. The molecule has 1 N–H and O–H groups in total. The highest BCUT2D eigenvalue weighted by atomic mass is 16.5. The minimum Gasteiger partial charge on any atom is -0.497 e. The van der Waals surface area contributed by atoms with Crippen LogP contribution < -0.4 is 14.8 Å². The molecule has 1 aliphatic rings. The average Bonchev–Trinajstić information content (AvgIpc) is 3.56. The summed E-state index contributed by atoms with van der Waals surface area (Å²) in [5, 5.41) is 2.81. The first-order valence-electron chi connectivity index (χ1n) is 10.8. The molecule has 0 radical (unpaired) electrons. The quantitative estimate of drug-likeness (QED) is 0.573. The number of methoxy groups -OCH3 is 2. The summed E-state index contributed by atoms with van der Waals surface area (Å²) in [5.41, 5.74) is 0.910. The second kappa shape index (κ2) is 10.2. The van der Waals surface area contributed by atoms with Gasteiger partial charge in [0.25, 0.3) is 11.8 Å². The van der Waals surface area contributed by atoms with Crippen LogP contribution >= 0.6 is 0 Å². The van der Waals surface area contributed by atoms with Gasteiger partial charge in [0.2, 0.25) is 5.91 Å². The third kappa shape index (κ3) is 4.90. The van der Waals surface area contributed by atoms with Gasteiger partial charge in [-0.05, 0) is 36.4 Å². The highest BCUT2D eigenvalue weighted by Gasteiger charge is 2.28. The molecule has 178 valence electrons. The van der Waals surface area contributed by atoms with Crippen molar-refractivity contribution in [3.8, 4) is 11.5 Å². The number of nitrogens with zero attached hydrogens (tertiary/aromatic N) is 3. The van der Waals surface area contributed by atoms with E-state index in [2.05, 4.69) is 5.32 Å². The number of aromatic nitrogens is 1. The first-order valence-corrected chi connectivity index (χ1v) is 10.8. The summed E-state index contributed by atoms with van der Waals surface area (Å²) in [6.45, 7) is 1.56. The van der Waals surface area contributed by atoms with Gasteiger partial charge < -0.3 is 33.6 Å². The fourth-order valence-electron chi connectivity index (χ4n) is 3.82. The number of hydrogen-bond donors (Lipinski definition) is 1. The van der Waals surface area contributed by atoms with Crippen LogP contribution in [0.1, 0.15) is 21.0 Å². The van der Waals surface area contributed by atoms with Crippen LogP contribution in [0, 0.1) is 0 Å². The topological polar surface area (TPSA) is 106 Å². The molecule has 0 saturated carbocycles. The lowest BCUT2D eigenvalue weighted by atomic mass is 10.2. The second-order valence-electron chi connectivity index (χ2n) is 7.70. The van der Waals surface area contributed by atoms with E-state index in [0.717, 1.165) is 0 Å². The van der Waals surface area contributed by atoms with Crippen molar-refractivity contribution in [1.82, 2.24) is 14.4 Å². The Morgan fingerprint density at radius 3 is 2.32 bits per heavy atom. The predicted octanol–water partition coefficient (Wildman–Crippen LogP) is 2.34. The molecule has 3 aromatic rings. The standard InChI is InChI=1S/C24H26N4O6/c1-32-17-7-8-18(21(15-17)33-2)25-22(29)16-28-9-3-5-19(28)23(30)26-10-12-27(13-11-26)24(31)20-6-4-14-34-20/h3-9,14-15H,10-13,16H2,1-2H3,(H,25,29). The largest absolute Gasteiger partial charge is 0.497 e. The lowest BCUT2D eigenvalue weighted by molar-refractivity contribution is -0.116. The van der Waals surface area contributed by atoms with E-state index >= 15 is 0 Å². The molecule has 1 saturated heterocycles. The number of carbonyl (C=O) groups excluding carboxylic acids is 3. The minimum atomic E-state index is -0.303. The number of nitrogens with one attached hydrogen (secondary N) is 1. The van der Waals surface area contributed by atoms with Crippen LogP contribution in [-0.2, 0) is 11.3 Å². The molecule has 1 aliphatic heterocycles. The van der Waals surface area contributed by atoms with Gasteiger partial charge in [0.05, 0.1) is 26.2 Å². The van der Waals surface area contributed by atoms with E-state index in [9.17, 15) is 14.4 Å². The summed E-state index contributed by atoms with van der Waals surface area (Å²) in [6.07, 6.45) is 3.15. The van der Waals surface area contributed by atoms with Crippen molar-refractivity contribution < 1.29 is 28.3 Å². The molecule has 3 heterocycles. The van der Waals surface area contributed by atoms with E-state index in [-0.39, 0.29) is 30.0 Å². The van der Waals surface area contributed by atoms with Gasteiger partial charge in [-0.15, -0.1) is 0 Å². The van der Waals surface area contributed by atoms with Crippen LogP contribution in [0.5, 0.6) is 11.5 Å². The van der Waals surface area contributed by atoms with E-state index in [1.807, 2.05) is 0 Å².